The summed E-state index contributed by atoms with van der Waals surface area (Å²) in [6, 6.07) is 8.51. The normalized spacial score (nSPS) is 19.6. The molecule has 0 aromatic heterocycles. The molecule has 0 bridgehead atoms. The average Bonchev–Trinajstić information content (AvgIpc) is 2.26. The summed E-state index contributed by atoms with van der Waals surface area (Å²) >= 11 is 6.26. The van der Waals surface area contributed by atoms with Gasteiger partial charge in [-0.05, 0) is 50.5 Å². The second-order valence-electron chi connectivity index (χ2n) is 5.53. The van der Waals surface area contributed by atoms with Crippen LogP contribution in [0.5, 0.6) is 0 Å². The molecule has 1 aliphatic heterocycles. The summed E-state index contributed by atoms with van der Waals surface area (Å²) in [6.45, 7) is 8.05. The zero-order chi connectivity index (χ0) is 13.1. The molecule has 1 aromatic carbocycles. The molecule has 2 unspecified atom stereocenters. The van der Waals surface area contributed by atoms with Crippen LogP contribution in [0, 0.1) is 11.8 Å². The summed E-state index contributed by atoms with van der Waals surface area (Å²) in [5.41, 5.74) is 1.22. The maximum atomic E-state index is 6.26. The van der Waals surface area contributed by atoms with Crippen molar-refractivity contribution in [2.45, 2.75) is 19.9 Å². The topological polar surface area (TPSA) is 15.3 Å². The fourth-order valence-corrected chi connectivity index (χ4v) is 2.82. The minimum atomic E-state index is 0.370. The first kappa shape index (κ1) is 13.9. The Morgan fingerprint density at radius 2 is 2.00 bits per heavy atom. The van der Waals surface area contributed by atoms with Crippen molar-refractivity contribution < 1.29 is 0 Å². The van der Waals surface area contributed by atoms with Gasteiger partial charge in [0.05, 0.1) is 0 Å². The number of rotatable bonds is 5. The largest absolute Gasteiger partial charge is 0.316 e. The summed E-state index contributed by atoms with van der Waals surface area (Å²) in [5, 5.41) is 4.22. The second-order valence-corrected chi connectivity index (χ2v) is 5.94. The number of benzene rings is 1. The van der Waals surface area contributed by atoms with E-state index in [9.17, 15) is 0 Å². The molecule has 3 heteroatoms. The van der Waals surface area contributed by atoms with Crippen molar-refractivity contribution in [2.24, 2.45) is 11.8 Å². The van der Waals surface area contributed by atoms with Gasteiger partial charge < -0.3 is 5.32 Å². The molecule has 1 saturated heterocycles. The molecule has 0 amide bonds. The Balaban J connectivity index is 1.95. The van der Waals surface area contributed by atoms with Gasteiger partial charge in [-0.25, -0.2) is 0 Å². The lowest BCUT2D eigenvalue weighted by atomic mass is 9.88. The Bertz CT molecular complexity index is 390. The van der Waals surface area contributed by atoms with Crippen LogP contribution in [0.1, 0.15) is 25.5 Å². The Kier molecular flexibility index (Phi) is 4.66. The summed E-state index contributed by atoms with van der Waals surface area (Å²) < 4.78 is 0. The van der Waals surface area contributed by atoms with Crippen LogP contribution in [-0.4, -0.2) is 31.6 Å². The molecule has 0 radical (unpaired) electrons. The third kappa shape index (κ3) is 3.05. The lowest BCUT2D eigenvalue weighted by molar-refractivity contribution is 0.160. The third-order valence-corrected chi connectivity index (χ3v) is 4.55. The second kappa shape index (κ2) is 6.05. The lowest BCUT2D eigenvalue weighted by Gasteiger charge is -2.36. The van der Waals surface area contributed by atoms with E-state index in [0.29, 0.717) is 6.04 Å². The summed E-state index contributed by atoms with van der Waals surface area (Å²) in [5.74, 6) is 1.58. The zero-order valence-corrected chi connectivity index (χ0v) is 12.2. The van der Waals surface area contributed by atoms with Crippen LogP contribution >= 0.6 is 11.6 Å². The minimum Gasteiger partial charge on any atom is -0.316 e. The molecule has 0 spiro atoms. The molecule has 1 aliphatic rings. The van der Waals surface area contributed by atoms with Crippen molar-refractivity contribution in [2.75, 3.05) is 26.7 Å². The molecule has 2 atom stereocenters. The first-order valence-electron chi connectivity index (χ1n) is 6.75. The van der Waals surface area contributed by atoms with Gasteiger partial charge in [0.2, 0.25) is 0 Å². The quantitative estimate of drug-likeness (QED) is 0.881. The molecular weight excluding hydrogens is 244 g/mol. The van der Waals surface area contributed by atoms with E-state index < -0.39 is 0 Å². The van der Waals surface area contributed by atoms with Crippen molar-refractivity contribution in [1.29, 1.82) is 0 Å². The highest BCUT2D eigenvalue weighted by molar-refractivity contribution is 6.31. The van der Waals surface area contributed by atoms with E-state index in [1.807, 2.05) is 12.1 Å². The van der Waals surface area contributed by atoms with E-state index in [1.54, 1.807) is 0 Å². The van der Waals surface area contributed by atoms with E-state index in [4.69, 9.17) is 11.6 Å². The van der Waals surface area contributed by atoms with E-state index in [1.165, 1.54) is 18.7 Å². The number of hydrogen-bond donors (Lipinski definition) is 1. The van der Waals surface area contributed by atoms with Gasteiger partial charge in [-0.15, -0.1) is 0 Å². The van der Waals surface area contributed by atoms with Crippen molar-refractivity contribution in [3.8, 4) is 0 Å². The number of halogens is 1. The van der Waals surface area contributed by atoms with Crippen LogP contribution in [0.3, 0.4) is 0 Å². The molecule has 1 N–H and O–H groups in total. The van der Waals surface area contributed by atoms with Gasteiger partial charge in [-0.3, -0.25) is 4.90 Å². The molecule has 0 saturated carbocycles. The molecule has 2 nitrogen and oxygen atoms in total. The van der Waals surface area contributed by atoms with Gasteiger partial charge in [0.15, 0.2) is 0 Å². The molecule has 18 heavy (non-hydrogen) atoms. The number of nitrogens with zero attached hydrogens (tertiary/aromatic N) is 1. The molecular formula is C15H23ClN2. The molecule has 1 aromatic rings. The number of nitrogens with one attached hydrogen (secondary N) is 1. The van der Waals surface area contributed by atoms with Crippen LogP contribution in [-0.2, 0) is 0 Å². The average molecular weight is 267 g/mol. The highest BCUT2D eigenvalue weighted by atomic mass is 35.5. The fraction of sp³-hybridized carbons (Fsp3) is 0.600. The van der Waals surface area contributed by atoms with Gasteiger partial charge in [-0.2, -0.15) is 0 Å². The maximum absolute atomic E-state index is 6.26. The predicted molar refractivity (Wildman–Crippen MR) is 78.0 cm³/mol. The highest BCUT2D eigenvalue weighted by Gasteiger charge is 2.25. The van der Waals surface area contributed by atoms with Crippen molar-refractivity contribution in [3.63, 3.8) is 0 Å². The molecule has 100 valence electrons. The van der Waals surface area contributed by atoms with Crippen molar-refractivity contribution in [3.05, 3.63) is 34.9 Å². The molecule has 0 aliphatic carbocycles. The monoisotopic (exact) mass is 266 g/mol. The van der Waals surface area contributed by atoms with Gasteiger partial charge in [-0.1, -0.05) is 36.7 Å². The summed E-state index contributed by atoms with van der Waals surface area (Å²) in [7, 11) is 2.19. The van der Waals surface area contributed by atoms with Crippen LogP contribution < -0.4 is 5.32 Å². The van der Waals surface area contributed by atoms with Crippen LogP contribution in [0.2, 0.25) is 5.02 Å². The first-order chi connectivity index (χ1) is 8.59. The van der Waals surface area contributed by atoms with Gasteiger partial charge in [0, 0.05) is 17.6 Å². The van der Waals surface area contributed by atoms with Crippen LogP contribution in [0.25, 0.3) is 0 Å². The SMILES string of the molecule is CC(CN(C)C(C)c1ccccc1Cl)C1CNC1. The standard InChI is InChI=1S/C15H23ClN2/c1-11(13-8-17-9-13)10-18(3)12(2)14-6-4-5-7-15(14)16/h4-7,11-13,17H,8-10H2,1-3H3. The van der Waals surface area contributed by atoms with E-state index in [2.05, 4.69) is 43.2 Å². The fourth-order valence-electron chi connectivity index (χ4n) is 2.53. The zero-order valence-electron chi connectivity index (χ0n) is 11.5. The summed E-state index contributed by atoms with van der Waals surface area (Å²) in [6.07, 6.45) is 0. The van der Waals surface area contributed by atoms with Crippen LogP contribution in [0.4, 0.5) is 0 Å². The van der Waals surface area contributed by atoms with E-state index >= 15 is 0 Å². The van der Waals surface area contributed by atoms with Crippen LogP contribution in [0.15, 0.2) is 24.3 Å². The number of hydrogen-bond acceptors (Lipinski definition) is 2. The smallest absolute Gasteiger partial charge is 0.0453 e. The maximum Gasteiger partial charge on any atom is 0.0453 e. The molecule has 1 fully saturated rings. The Labute approximate surface area is 115 Å². The first-order valence-corrected chi connectivity index (χ1v) is 7.12. The van der Waals surface area contributed by atoms with E-state index in [-0.39, 0.29) is 0 Å². The molecule has 1 heterocycles. The Morgan fingerprint density at radius 3 is 2.56 bits per heavy atom. The predicted octanol–water partition coefficient (Wildman–Crippen LogP) is 3.19. The molecule has 2 rings (SSSR count). The van der Waals surface area contributed by atoms with E-state index in [0.717, 1.165) is 23.4 Å². The van der Waals surface area contributed by atoms with Gasteiger partial charge >= 0.3 is 0 Å². The Morgan fingerprint density at radius 1 is 1.33 bits per heavy atom. The van der Waals surface area contributed by atoms with Crippen molar-refractivity contribution >= 4 is 11.6 Å². The van der Waals surface area contributed by atoms with Crippen molar-refractivity contribution in [1.82, 2.24) is 10.2 Å². The summed E-state index contributed by atoms with van der Waals surface area (Å²) in [4.78, 5) is 2.41. The van der Waals surface area contributed by atoms with Gasteiger partial charge in [0.1, 0.15) is 0 Å². The third-order valence-electron chi connectivity index (χ3n) is 4.21. The minimum absolute atomic E-state index is 0.370. The highest BCUT2D eigenvalue weighted by Crippen LogP contribution is 2.27. The lowest BCUT2D eigenvalue weighted by Crippen LogP contribution is -2.48. The van der Waals surface area contributed by atoms with Gasteiger partial charge in [0.25, 0.3) is 0 Å². The Hall–Kier alpha value is -0.570.